The molecule has 0 heterocycles. The molecule has 1 aliphatic rings. The number of hydrogen-bond acceptors (Lipinski definition) is 4. The number of hydrogen-bond donors (Lipinski definition) is 4. The summed E-state index contributed by atoms with van der Waals surface area (Å²) in [5.74, 6) is 1.20. The van der Waals surface area contributed by atoms with Crippen molar-refractivity contribution < 1.29 is 10.2 Å². The summed E-state index contributed by atoms with van der Waals surface area (Å²) in [4.78, 5) is 0. The van der Waals surface area contributed by atoms with Crippen LogP contribution in [0.25, 0.3) is 0 Å². The first kappa shape index (κ1) is 27.9. The second-order valence-electron chi connectivity index (χ2n) is 10.5. The van der Waals surface area contributed by atoms with Crippen LogP contribution in [0.5, 0.6) is 0 Å². The lowest BCUT2D eigenvalue weighted by Crippen LogP contribution is -2.51. The van der Waals surface area contributed by atoms with Crippen LogP contribution in [-0.2, 0) is 0 Å². The third-order valence-electron chi connectivity index (χ3n) is 7.56. The molecule has 0 amide bonds. The van der Waals surface area contributed by atoms with Gasteiger partial charge in [-0.3, -0.25) is 0 Å². The van der Waals surface area contributed by atoms with Crippen molar-refractivity contribution in [2.24, 2.45) is 11.8 Å². The lowest BCUT2D eigenvalue weighted by atomic mass is 9.75. The van der Waals surface area contributed by atoms with E-state index in [0.717, 1.165) is 25.7 Å². The summed E-state index contributed by atoms with van der Waals surface area (Å²) in [6.45, 7) is 12.7. The molecule has 0 aliphatic heterocycles. The lowest BCUT2D eigenvalue weighted by Gasteiger charge is -2.40. The molecule has 4 nitrogen and oxygen atoms in total. The molecule has 6 unspecified atom stereocenters. The molecule has 1 aliphatic carbocycles. The van der Waals surface area contributed by atoms with Gasteiger partial charge in [-0.05, 0) is 57.3 Å². The van der Waals surface area contributed by atoms with Gasteiger partial charge in [-0.1, -0.05) is 72.6 Å². The van der Waals surface area contributed by atoms with Crippen LogP contribution in [-0.4, -0.2) is 47.1 Å². The largest absolute Gasteiger partial charge is 0.392 e. The average Bonchev–Trinajstić information content (AvgIpc) is 2.73. The Labute approximate surface area is 188 Å². The first-order valence-electron chi connectivity index (χ1n) is 13.1. The van der Waals surface area contributed by atoms with Crippen LogP contribution in [0.4, 0.5) is 0 Å². The summed E-state index contributed by atoms with van der Waals surface area (Å²) < 4.78 is 0. The maximum absolute atomic E-state index is 10.2. The summed E-state index contributed by atoms with van der Waals surface area (Å²) in [5.41, 5.74) is 0.0588. The second-order valence-corrected chi connectivity index (χ2v) is 10.5. The second kappa shape index (κ2) is 15.6. The third-order valence-corrected chi connectivity index (χ3v) is 7.56. The van der Waals surface area contributed by atoms with Crippen LogP contribution >= 0.6 is 0 Å². The van der Waals surface area contributed by atoms with Gasteiger partial charge in [-0.25, -0.2) is 0 Å². The minimum absolute atomic E-state index is 0.0588. The van der Waals surface area contributed by atoms with E-state index in [2.05, 4.69) is 45.3 Å². The first-order valence-corrected chi connectivity index (χ1v) is 13.1. The zero-order chi connectivity index (χ0) is 22.4. The first-order chi connectivity index (χ1) is 14.3. The highest BCUT2D eigenvalue weighted by atomic mass is 16.3. The molecule has 0 spiro atoms. The highest BCUT2D eigenvalue weighted by Gasteiger charge is 2.33. The smallest absolute Gasteiger partial charge is 0.0662 e. The minimum Gasteiger partial charge on any atom is -0.392 e. The van der Waals surface area contributed by atoms with Gasteiger partial charge in [0, 0.05) is 24.7 Å². The van der Waals surface area contributed by atoms with Crippen molar-refractivity contribution in [3.05, 3.63) is 0 Å². The third kappa shape index (κ3) is 11.5. The van der Waals surface area contributed by atoms with Crippen LogP contribution in [0.15, 0.2) is 0 Å². The van der Waals surface area contributed by atoms with Crippen molar-refractivity contribution in [1.29, 1.82) is 0 Å². The van der Waals surface area contributed by atoms with E-state index in [1.807, 2.05) is 0 Å². The van der Waals surface area contributed by atoms with Crippen LogP contribution in [0.2, 0.25) is 0 Å². The monoisotopic (exact) mass is 426 g/mol. The Kier molecular flexibility index (Phi) is 14.5. The lowest BCUT2D eigenvalue weighted by molar-refractivity contribution is 0.119. The number of nitrogens with one attached hydrogen (secondary N) is 2. The summed E-state index contributed by atoms with van der Waals surface area (Å²) >= 11 is 0. The fraction of sp³-hybridized carbons (Fsp3) is 1.00. The Morgan fingerprint density at radius 1 is 0.833 bits per heavy atom. The summed E-state index contributed by atoms with van der Waals surface area (Å²) in [5, 5.41) is 27.7. The SMILES string of the molecule is CCC(O)CNC1CCCCCCCCCC(C)C(C)(NCC(O)CC)CC(C)C1. The van der Waals surface area contributed by atoms with E-state index in [4.69, 9.17) is 0 Å². The van der Waals surface area contributed by atoms with E-state index in [1.165, 1.54) is 57.8 Å². The Bertz CT molecular complexity index is 420. The van der Waals surface area contributed by atoms with Gasteiger partial charge in [0.15, 0.2) is 0 Å². The summed E-state index contributed by atoms with van der Waals surface area (Å²) in [6, 6.07) is 0.493. The maximum atomic E-state index is 10.2. The molecule has 0 saturated heterocycles. The normalized spacial score (nSPS) is 32.7. The van der Waals surface area contributed by atoms with Crippen molar-refractivity contribution in [3.8, 4) is 0 Å². The van der Waals surface area contributed by atoms with Crippen molar-refractivity contribution in [3.63, 3.8) is 0 Å². The average molecular weight is 427 g/mol. The predicted molar refractivity (Wildman–Crippen MR) is 130 cm³/mol. The molecule has 0 radical (unpaired) electrons. The minimum atomic E-state index is -0.258. The summed E-state index contributed by atoms with van der Waals surface area (Å²) in [6.07, 6.45) is 15.3. The van der Waals surface area contributed by atoms with E-state index in [1.54, 1.807) is 0 Å². The molecule has 1 saturated carbocycles. The molecular weight excluding hydrogens is 372 g/mol. The molecule has 1 fully saturated rings. The van der Waals surface area contributed by atoms with Crippen LogP contribution < -0.4 is 10.6 Å². The molecule has 0 aromatic carbocycles. The van der Waals surface area contributed by atoms with Crippen LogP contribution in [0, 0.1) is 11.8 Å². The molecule has 0 aromatic heterocycles. The topological polar surface area (TPSA) is 64.5 Å². The molecule has 4 N–H and O–H groups in total. The van der Waals surface area contributed by atoms with Crippen molar-refractivity contribution in [2.75, 3.05) is 13.1 Å². The summed E-state index contributed by atoms with van der Waals surface area (Å²) in [7, 11) is 0. The van der Waals surface area contributed by atoms with Crippen LogP contribution in [0.3, 0.4) is 0 Å². The quantitative estimate of drug-likeness (QED) is 0.419. The highest BCUT2D eigenvalue weighted by Crippen LogP contribution is 2.32. The molecule has 0 aromatic rings. The van der Waals surface area contributed by atoms with Gasteiger partial charge in [-0.15, -0.1) is 0 Å². The van der Waals surface area contributed by atoms with Gasteiger partial charge in [0.2, 0.25) is 0 Å². The highest BCUT2D eigenvalue weighted by molar-refractivity contribution is 4.91. The molecule has 6 atom stereocenters. The van der Waals surface area contributed by atoms with Gasteiger partial charge in [0.1, 0.15) is 0 Å². The number of rotatable bonds is 8. The van der Waals surface area contributed by atoms with Gasteiger partial charge < -0.3 is 20.8 Å². The van der Waals surface area contributed by atoms with E-state index in [-0.39, 0.29) is 17.7 Å². The van der Waals surface area contributed by atoms with E-state index in [9.17, 15) is 10.2 Å². The van der Waals surface area contributed by atoms with Crippen molar-refractivity contribution in [1.82, 2.24) is 10.6 Å². The van der Waals surface area contributed by atoms with Crippen LogP contribution in [0.1, 0.15) is 118 Å². The fourth-order valence-corrected chi connectivity index (χ4v) is 5.03. The molecule has 30 heavy (non-hydrogen) atoms. The molecule has 0 bridgehead atoms. The van der Waals surface area contributed by atoms with Gasteiger partial charge in [0.05, 0.1) is 12.2 Å². The number of β-amino-alcohol motifs (C(OH)–C–C–N with tert-alkyl or cyclic N) is 1. The fourth-order valence-electron chi connectivity index (χ4n) is 5.03. The Hall–Kier alpha value is -0.160. The number of aliphatic hydroxyl groups is 2. The van der Waals surface area contributed by atoms with Crippen molar-refractivity contribution in [2.45, 2.75) is 142 Å². The van der Waals surface area contributed by atoms with E-state index >= 15 is 0 Å². The Morgan fingerprint density at radius 2 is 1.37 bits per heavy atom. The molecule has 4 heteroatoms. The van der Waals surface area contributed by atoms with Gasteiger partial charge >= 0.3 is 0 Å². The standard InChI is InChI=1S/C26H54N2O2/c1-6-24(29)19-27-23-16-14-12-10-8-9-11-13-15-22(4)26(5,18-21(3)17-23)28-20-25(30)7-2/h21-25,27-30H,6-20H2,1-5H3. The zero-order valence-corrected chi connectivity index (χ0v) is 20.9. The van der Waals surface area contributed by atoms with E-state index < -0.39 is 0 Å². The Balaban J connectivity index is 2.83. The molecule has 180 valence electrons. The van der Waals surface area contributed by atoms with Gasteiger partial charge in [0.25, 0.3) is 0 Å². The van der Waals surface area contributed by atoms with E-state index in [0.29, 0.717) is 31.0 Å². The number of aliphatic hydroxyl groups excluding tert-OH is 2. The zero-order valence-electron chi connectivity index (χ0n) is 20.9. The predicted octanol–water partition coefficient (Wildman–Crippen LogP) is 5.41. The molecular formula is C26H54N2O2. The van der Waals surface area contributed by atoms with Gasteiger partial charge in [-0.2, -0.15) is 0 Å². The van der Waals surface area contributed by atoms with Crippen molar-refractivity contribution >= 4 is 0 Å². The molecule has 1 rings (SSSR count). The maximum Gasteiger partial charge on any atom is 0.0662 e. The Morgan fingerprint density at radius 3 is 1.97 bits per heavy atom.